The van der Waals surface area contributed by atoms with Crippen molar-refractivity contribution in [2.75, 3.05) is 0 Å². The highest BCUT2D eigenvalue weighted by molar-refractivity contribution is 5.79. The van der Waals surface area contributed by atoms with Gasteiger partial charge in [0.05, 0.1) is 5.69 Å². The Labute approximate surface area is 120 Å². The van der Waals surface area contributed by atoms with Crippen molar-refractivity contribution in [1.82, 2.24) is 4.98 Å². The fourth-order valence-electron chi connectivity index (χ4n) is 3.02. The van der Waals surface area contributed by atoms with Gasteiger partial charge in [-0.15, -0.1) is 0 Å². The SMILES string of the molecule is Cc1nc2c(c(C)c1C)C(O)(C(F)(F)F)c1ccccc1-2. The Balaban J connectivity index is 2.50. The van der Waals surface area contributed by atoms with Gasteiger partial charge in [0.1, 0.15) is 0 Å². The molecule has 0 spiro atoms. The molecule has 0 saturated carbocycles. The zero-order chi connectivity index (χ0) is 15.6. The van der Waals surface area contributed by atoms with Gasteiger partial charge in [-0.25, -0.2) is 0 Å². The number of aromatic nitrogens is 1. The highest BCUT2D eigenvalue weighted by Crippen LogP contribution is 2.55. The van der Waals surface area contributed by atoms with Crippen LogP contribution >= 0.6 is 0 Å². The maximum atomic E-state index is 13.6. The molecule has 0 bridgehead atoms. The monoisotopic (exact) mass is 293 g/mol. The largest absolute Gasteiger partial charge is 0.425 e. The smallest absolute Gasteiger partial charge is 0.372 e. The number of benzene rings is 1. The lowest BCUT2D eigenvalue weighted by Crippen LogP contribution is -2.42. The molecule has 2 nitrogen and oxygen atoms in total. The summed E-state index contributed by atoms with van der Waals surface area (Å²) in [6.45, 7) is 5.08. The van der Waals surface area contributed by atoms with Crippen LogP contribution in [0.2, 0.25) is 0 Å². The summed E-state index contributed by atoms with van der Waals surface area (Å²) in [5.74, 6) is 0. The number of nitrogens with zero attached hydrogens (tertiary/aromatic N) is 1. The number of halogens is 3. The predicted molar refractivity (Wildman–Crippen MR) is 72.9 cm³/mol. The van der Waals surface area contributed by atoms with E-state index in [-0.39, 0.29) is 16.8 Å². The van der Waals surface area contributed by atoms with Crippen LogP contribution in [-0.4, -0.2) is 16.3 Å². The number of hydrogen-bond acceptors (Lipinski definition) is 2. The van der Waals surface area contributed by atoms with Gasteiger partial charge in [0.2, 0.25) is 5.60 Å². The van der Waals surface area contributed by atoms with Gasteiger partial charge in [0.15, 0.2) is 0 Å². The first-order valence-corrected chi connectivity index (χ1v) is 6.57. The quantitative estimate of drug-likeness (QED) is 0.801. The first kappa shape index (κ1) is 14.1. The Hall–Kier alpha value is -1.88. The second kappa shape index (κ2) is 4.07. The molecule has 1 atom stereocenters. The van der Waals surface area contributed by atoms with E-state index in [0.29, 0.717) is 22.4 Å². The number of pyridine rings is 1. The summed E-state index contributed by atoms with van der Waals surface area (Å²) in [7, 11) is 0. The first-order chi connectivity index (χ1) is 9.69. The maximum Gasteiger partial charge on any atom is 0.425 e. The highest BCUT2D eigenvalue weighted by atomic mass is 19.4. The van der Waals surface area contributed by atoms with E-state index in [2.05, 4.69) is 4.98 Å². The van der Waals surface area contributed by atoms with Crippen molar-refractivity contribution in [3.8, 4) is 11.3 Å². The van der Waals surface area contributed by atoms with Gasteiger partial charge in [-0.1, -0.05) is 24.3 Å². The fraction of sp³-hybridized carbons (Fsp3) is 0.312. The third-order valence-electron chi connectivity index (χ3n) is 4.34. The van der Waals surface area contributed by atoms with Crippen LogP contribution in [0.1, 0.15) is 27.9 Å². The van der Waals surface area contributed by atoms with Crippen molar-refractivity contribution < 1.29 is 18.3 Å². The summed E-state index contributed by atoms with van der Waals surface area (Å²) in [5, 5.41) is 10.6. The molecule has 2 aromatic rings. The maximum absolute atomic E-state index is 13.6. The van der Waals surface area contributed by atoms with Crippen LogP contribution in [0, 0.1) is 20.8 Å². The zero-order valence-corrected chi connectivity index (χ0v) is 11.8. The molecule has 1 unspecified atom stereocenters. The minimum Gasteiger partial charge on any atom is -0.372 e. The highest BCUT2D eigenvalue weighted by Gasteiger charge is 2.62. The van der Waals surface area contributed by atoms with Crippen LogP contribution in [0.25, 0.3) is 11.3 Å². The Morgan fingerprint density at radius 2 is 1.67 bits per heavy atom. The van der Waals surface area contributed by atoms with Crippen molar-refractivity contribution in [1.29, 1.82) is 0 Å². The molecule has 1 aromatic carbocycles. The van der Waals surface area contributed by atoms with Crippen LogP contribution < -0.4 is 0 Å². The van der Waals surface area contributed by atoms with E-state index >= 15 is 0 Å². The Morgan fingerprint density at radius 1 is 1.05 bits per heavy atom. The van der Waals surface area contributed by atoms with Gasteiger partial charge >= 0.3 is 6.18 Å². The molecule has 1 aliphatic rings. The third kappa shape index (κ3) is 1.61. The second-order valence-corrected chi connectivity index (χ2v) is 5.42. The van der Waals surface area contributed by atoms with E-state index < -0.39 is 11.8 Å². The molecule has 0 radical (unpaired) electrons. The van der Waals surface area contributed by atoms with Crippen molar-refractivity contribution in [3.05, 3.63) is 52.2 Å². The van der Waals surface area contributed by atoms with Gasteiger partial charge in [-0.3, -0.25) is 4.98 Å². The van der Waals surface area contributed by atoms with E-state index in [9.17, 15) is 18.3 Å². The summed E-state index contributed by atoms with van der Waals surface area (Å²) in [6, 6.07) is 6.03. The number of rotatable bonds is 0. The molecular weight excluding hydrogens is 279 g/mol. The van der Waals surface area contributed by atoms with Crippen LogP contribution in [-0.2, 0) is 5.60 Å². The molecule has 21 heavy (non-hydrogen) atoms. The summed E-state index contributed by atoms with van der Waals surface area (Å²) in [4.78, 5) is 4.30. The number of aryl methyl sites for hydroxylation is 1. The van der Waals surface area contributed by atoms with Crippen molar-refractivity contribution in [3.63, 3.8) is 0 Å². The van der Waals surface area contributed by atoms with Crippen molar-refractivity contribution >= 4 is 0 Å². The van der Waals surface area contributed by atoms with Crippen molar-refractivity contribution in [2.24, 2.45) is 0 Å². The lowest BCUT2D eigenvalue weighted by Gasteiger charge is -2.29. The lowest BCUT2D eigenvalue weighted by atomic mass is 9.87. The molecule has 3 rings (SSSR count). The average molecular weight is 293 g/mol. The molecule has 0 aliphatic heterocycles. The lowest BCUT2D eigenvalue weighted by molar-refractivity contribution is -0.247. The van der Waals surface area contributed by atoms with Crippen LogP contribution in [0.15, 0.2) is 24.3 Å². The number of hydrogen-bond donors (Lipinski definition) is 1. The third-order valence-corrected chi connectivity index (χ3v) is 4.34. The van der Waals surface area contributed by atoms with Crippen molar-refractivity contribution in [2.45, 2.75) is 32.5 Å². The van der Waals surface area contributed by atoms with Crippen LogP contribution in [0.4, 0.5) is 13.2 Å². The average Bonchev–Trinajstić information content (AvgIpc) is 2.67. The van der Waals surface area contributed by atoms with Crippen LogP contribution in [0.3, 0.4) is 0 Å². The van der Waals surface area contributed by atoms with Gasteiger partial charge in [-0.05, 0) is 31.9 Å². The number of fused-ring (bicyclic) bond motifs is 3. The Morgan fingerprint density at radius 3 is 2.29 bits per heavy atom. The molecular formula is C16H14F3NO. The molecule has 0 amide bonds. The minimum atomic E-state index is -4.80. The second-order valence-electron chi connectivity index (χ2n) is 5.42. The predicted octanol–water partition coefficient (Wildman–Crippen LogP) is 3.79. The molecule has 1 aromatic heterocycles. The molecule has 110 valence electrons. The van der Waals surface area contributed by atoms with E-state index in [0.717, 1.165) is 0 Å². The zero-order valence-electron chi connectivity index (χ0n) is 11.8. The normalized spacial score (nSPS) is 20.3. The van der Waals surface area contributed by atoms with E-state index in [1.807, 2.05) is 0 Å². The summed E-state index contributed by atoms with van der Waals surface area (Å²) in [6.07, 6.45) is -4.80. The molecule has 0 saturated heterocycles. The Kier molecular flexibility index (Phi) is 2.73. The molecule has 1 aliphatic carbocycles. The van der Waals surface area contributed by atoms with Gasteiger partial charge in [0.25, 0.3) is 0 Å². The molecule has 1 heterocycles. The topological polar surface area (TPSA) is 33.1 Å². The van der Waals surface area contributed by atoms with E-state index in [1.165, 1.54) is 12.1 Å². The molecule has 5 heteroatoms. The summed E-state index contributed by atoms with van der Waals surface area (Å²) in [5.41, 5.74) is -0.920. The Bertz CT molecular complexity index is 752. The van der Waals surface area contributed by atoms with Gasteiger partial charge in [-0.2, -0.15) is 13.2 Å². The number of alkyl halides is 3. The summed E-state index contributed by atoms with van der Waals surface area (Å²) >= 11 is 0. The molecule has 0 fully saturated rings. The molecule has 1 N–H and O–H groups in total. The van der Waals surface area contributed by atoms with E-state index in [1.54, 1.807) is 32.9 Å². The van der Waals surface area contributed by atoms with Gasteiger partial charge in [0, 0.05) is 22.4 Å². The minimum absolute atomic E-state index is 0.140. The fourth-order valence-corrected chi connectivity index (χ4v) is 3.02. The first-order valence-electron chi connectivity index (χ1n) is 6.57. The number of aliphatic hydroxyl groups is 1. The standard InChI is InChI=1S/C16H14F3NO/c1-8-9(2)13-14(20-10(8)3)11-6-4-5-7-12(11)15(13,21)16(17,18)19/h4-7,21H,1-3H3. The summed E-state index contributed by atoms with van der Waals surface area (Å²) < 4.78 is 40.9. The van der Waals surface area contributed by atoms with E-state index in [4.69, 9.17) is 0 Å². The van der Waals surface area contributed by atoms with Crippen LogP contribution in [0.5, 0.6) is 0 Å². The van der Waals surface area contributed by atoms with Gasteiger partial charge < -0.3 is 5.11 Å².